The van der Waals surface area contributed by atoms with Crippen LogP contribution >= 0.6 is 15.9 Å². The van der Waals surface area contributed by atoms with Gasteiger partial charge in [0.2, 0.25) is 5.88 Å². The molecule has 0 aliphatic heterocycles. The minimum Gasteiger partial charge on any atom is -0.497 e. The fourth-order valence-electron chi connectivity index (χ4n) is 1.32. The summed E-state index contributed by atoms with van der Waals surface area (Å²) in [5.74, 6) is 2.06. The third-order valence-electron chi connectivity index (χ3n) is 2.24. The number of hydrogen-bond acceptors (Lipinski definition) is 3. The molecule has 17 heavy (non-hydrogen) atoms. The number of aryl methyl sites for hydroxylation is 1. The van der Waals surface area contributed by atoms with E-state index in [1.807, 2.05) is 37.3 Å². The molecule has 0 aliphatic rings. The molecule has 0 saturated heterocycles. The minimum atomic E-state index is 0.571. The third-order valence-corrected chi connectivity index (χ3v) is 2.86. The molecule has 0 atom stereocenters. The first kappa shape index (κ1) is 11.9. The Morgan fingerprint density at radius 2 is 2.00 bits per heavy atom. The van der Waals surface area contributed by atoms with Crippen LogP contribution in [-0.4, -0.2) is 12.1 Å². The molecule has 0 bridgehead atoms. The van der Waals surface area contributed by atoms with Crippen LogP contribution in [0, 0.1) is 6.92 Å². The van der Waals surface area contributed by atoms with Crippen LogP contribution in [0.1, 0.15) is 5.56 Å². The van der Waals surface area contributed by atoms with Gasteiger partial charge in [-0.15, -0.1) is 0 Å². The lowest BCUT2D eigenvalue weighted by Gasteiger charge is -2.08. The predicted molar refractivity (Wildman–Crippen MR) is 69.7 cm³/mol. The van der Waals surface area contributed by atoms with E-state index in [-0.39, 0.29) is 0 Å². The standard InChI is InChI=1S/C13H12BrNO2/c1-9-3-6-13(15-8-9)17-12-5-4-10(16-2)7-11(12)14/h3-8H,1-2H3. The first-order valence-corrected chi connectivity index (χ1v) is 5.92. The zero-order valence-electron chi connectivity index (χ0n) is 9.61. The Kier molecular flexibility index (Phi) is 3.64. The van der Waals surface area contributed by atoms with Gasteiger partial charge < -0.3 is 9.47 Å². The van der Waals surface area contributed by atoms with E-state index < -0.39 is 0 Å². The molecule has 3 nitrogen and oxygen atoms in total. The van der Waals surface area contributed by atoms with Crippen LogP contribution in [0.15, 0.2) is 41.0 Å². The van der Waals surface area contributed by atoms with Crippen molar-refractivity contribution in [3.63, 3.8) is 0 Å². The zero-order valence-corrected chi connectivity index (χ0v) is 11.2. The van der Waals surface area contributed by atoms with Crippen molar-refractivity contribution in [2.24, 2.45) is 0 Å². The average Bonchev–Trinajstić information content (AvgIpc) is 2.34. The Morgan fingerprint density at radius 1 is 1.18 bits per heavy atom. The van der Waals surface area contributed by atoms with E-state index in [1.54, 1.807) is 13.3 Å². The van der Waals surface area contributed by atoms with E-state index in [1.165, 1.54) is 0 Å². The summed E-state index contributed by atoms with van der Waals surface area (Å²) >= 11 is 3.43. The predicted octanol–water partition coefficient (Wildman–Crippen LogP) is 3.95. The number of halogens is 1. The van der Waals surface area contributed by atoms with Gasteiger partial charge in [-0.2, -0.15) is 0 Å². The van der Waals surface area contributed by atoms with Crippen molar-refractivity contribution >= 4 is 15.9 Å². The molecule has 1 aromatic heterocycles. The van der Waals surface area contributed by atoms with Gasteiger partial charge in [0.05, 0.1) is 11.6 Å². The second kappa shape index (κ2) is 5.19. The summed E-state index contributed by atoms with van der Waals surface area (Å²) in [6, 6.07) is 9.33. The summed E-state index contributed by atoms with van der Waals surface area (Å²) in [5, 5.41) is 0. The second-order valence-electron chi connectivity index (χ2n) is 3.57. The van der Waals surface area contributed by atoms with Crippen LogP contribution in [0.3, 0.4) is 0 Å². The molecule has 1 aromatic carbocycles. The number of nitrogens with zero attached hydrogens (tertiary/aromatic N) is 1. The van der Waals surface area contributed by atoms with E-state index in [4.69, 9.17) is 9.47 Å². The number of pyridine rings is 1. The molecule has 0 amide bonds. The fraction of sp³-hybridized carbons (Fsp3) is 0.154. The average molecular weight is 294 g/mol. The zero-order chi connectivity index (χ0) is 12.3. The van der Waals surface area contributed by atoms with Crippen molar-refractivity contribution in [1.29, 1.82) is 0 Å². The molecule has 0 saturated carbocycles. The molecular formula is C13H12BrNO2. The summed E-state index contributed by atoms with van der Waals surface area (Å²) in [6.45, 7) is 1.99. The SMILES string of the molecule is COc1ccc(Oc2ccc(C)cn2)c(Br)c1. The largest absolute Gasteiger partial charge is 0.497 e. The normalized spacial score (nSPS) is 10.1. The van der Waals surface area contributed by atoms with Crippen LogP contribution in [-0.2, 0) is 0 Å². The maximum absolute atomic E-state index is 5.65. The van der Waals surface area contributed by atoms with E-state index in [0.717, 1.165) is 15.8 Å². The van der Waals surface area contributed by atoms with Gasteiger partial charge in [-0.05, 0) is 46.6 Å². The molecule has 2 rings (SSSR count). The smallest absolute Gasteiger partial charge is 0.219 e. The van der Waals surface area contributed by atoms with Crippen molar-refractivity contribution in [3.8, 4) is 17.4 Å². The monoisotopic (exact) mass is 293 g/mol. The Hall–Kier alpha value is -1.55. The fourth-order valence-corrected chi connectivity index (χ4v) is 1.76. The number of aromatic nitrogens is 1. The van der Waals surface area contributed by atoms with E-state index >= 15 is 0 Å². The molecule has 0 fully saturated rings. The maximum Gasteiger partial charge on any atom is 0.219 e. The molecule has 4 heteroatoms. The summed E-state index contributed by atoms with van der Waals surface area (Å²) in [6.07, 6.45) is 1.77. The molecule has 0 N–H and O–H groups in total. The van der Waals surface area contributed by atoms with Gasteiger partial charge in [0.15, 0.2) is 0 Å². The highest BCUT2D eigenvalue weighted by atomic mass is 79.9. The van der Waals surface area contributed by atoms with Crippen molar-refractivity contribution in [2.75, 3.05) is 7.11 Å². The van der Waals surface area contributed by atoms with Gasteiger partial charge >= 0.3 is 0 Å². The number of rotatable bonds is 3. The van der Waals surface area contributed by atoms with Gasteiger partial charge in [-0.1, -0.05) is 6.07 Å². The highest BCUT2D eigenvalue weighted by molar-refractivity contribution is 9.10. The van der Waals surface area contributed by atoms with Crippen molar-refractivity contribution in [2.45, 2.75) is 6.92 Å². The number of hydrogen-bond donors (Lipinski definition) is 0. The van der Waals surface area contributed by atoms with E-state index in [9.17, 15) is 0 Å². The Balaban J connectivity index is 2.21. The van der Waals surface area contributed by atoms with Crippen LogP contribution in [0.2, 0.25) is 0 Å². The van der Waals surface area contributed by atoms with Gasteiger partial charge in [-0.25, -0.2) is 4.98 Å². The van der Waals surface area contributed by atoms with E-state index in [0.29, 0.717) is 11.6 Å². The molecule has 0 unspecified atom stereocenters. The van der Waals surface area contributed by atoms with Gasteiger partial charge in [0, 0.05) is 12.3 Å². The van der Waals surface area contributed by atoms with Crippen LogP contribution < -0.4 is 9.47 Å². The quantitative estimate of drug-likeness (QED) is 0.858. The van der Waals surface area contributed by atoms with E-state index in [2.05, 4.69) is 20.9 Å². The lowest BCUT2D eigenvalue weighted by Crippen LogP contribution is -1.90. The number of benzene rings is 1. The summed E-state index contributed by atoms with van der Waals surface area (Å²) in [4.78, 5) is 4.18. The topological polar surface area (TPSA) is 31.4 Å². The summed E-state index contributed by atoms with van der Waals surface area (Å²) in [7, 11) is 1.63. The van der Waals surface area contributed by atoms with Crippen molar-refractivity contribution in [3.05, 3.63) is 46.6 Å². The summed E-state index contributed by atoms with van der Waals surface area (Å²) in [5.41, 5.74) is 1.10. The molecule has 0 aliphatic carbocycles. The highest BCUT2D eigenvalue weighted by Crippen LogP contribution is 2.31. The van der Waals surface area contributed by atoms with Crippen LogP contribution in [0.5, 0.6) is 17.4 Å². The molecule has 0 spiro atoms. The van der Waals surface area contributed by atoms with Crippen LogP contribution in [0.25, 0.3) is 0 Å². The van der Waals surface area contributed by atoms with Crippen LogP contribution in [0.4, 0.5) is 0 Å². The lowest BCUT2D eigenvalue weighted by atomic mass is 10.3. The molecule has 1 heterocycles. The maximum atomic E-state index is 5.65. The Bertz CT molecular complexity index is 511. The highest BCUT2D eigenvalue weighted by Gasteiger charge is 2.04. The van der Waals surface area contributed by atoms with Gasteiger partial charge in [-0.3, -0.25) is 0 Å². The molecular weight excluding hydrogens is 282 g/mol. The molecule has 0 radical (unpaired) electrons. The minimum absolute atomic E-state index is 0.571. The lowest BCUT2D eigenvalue weighted by molar-refractivity contribution is 0.411. The Labute approximate surface area is 109 Å². The van der Waals surface area contributed by atoms with Gasteiger partial charge in [0.25, 0.3) is 0 Å². The first-order valence-electron chi connectivity index (χ1n) is 5.13. The molecule has 2 aromatic rings. The first-order chi connectivity index (χ1) is 8.19. The number of ether oxygens (including phenoxy) is 2. The third kappa shape index (κ3) is 2.97. The molecule has 88 valence electrons. The van der Waals surface area contributed by atoms with Gasteiger partial charge in [0.1, 0.15) is 11.5 Å². The second-order valence-corrected chi connectivity index (χ2v) is 4.43. The Morgan fingerprint density at radius 3 is 2.59 bits per heavy atom. The van der Waals surface area contributed by atoms with Crippen molar-refractivity contribution in [1.82, 2.24) is 4.98 Å². The number of methoxy groups -OCH3 is 1. The van der Waals surface area contributed by atoms with Crippen molar-refractivity contribution < 1.29 is 9.47 Å². The summed E-state index contributed by atoms with van der Waals surface area (Å²) < 4.78 is 11.6.